The van der Waals surface area contributed by atoms with E-state index >= 15 is 0 Å². The Labute approximate surface area is 84.9 Å². The van der Waals surface area contributed by atoms with Crippen LogP contribution in [0.4, 0.5) is 0 Å². The van der Waals surface area contributed by atoms with Crippen molar-refractivity contribution in [2.24, 2.45) is 5.73 Å². The fourth-order valence-corrected chi connectivity index (χ4v) is 1.37. The molecule has 0 aromatic heterocycles. The van der Waals surface area contributed by atoms with E-state index in [1.165, 1.54) is 5.56 Å². The SMILES string of the molecule is Cc1cc(CCC(C)N)ccc1Cl. The molecule has 72 valence electrons. The maximum absolute atomic E-state index is 5.92. The maximum atomic E-state index is 5.92. The minimum atomic E-state index is 0.274. The van der Waals surface area contributed by atoms with Gasteiger partial charge in [-0.25, -0.2) is 0 Å². The van der Waals surface area contributed by atoms with Crippen LogP contribution in [0.25, 0.3) is 0 Å². The van der Waals surface area contributed by atoms with E-state index in [2.05, 4.69) is 12.1 Å². The first kappa shape index (κ1) is 10.6. The number of hydrogen-bond donors (Lipinski definition) is 1. The van der Waals surface area contributed by atoms with Gasteiger partial charge in [-0.1, -0.05) is 23.7 Å². The van der Waals surface area contributed by atoms with Crippen LogP contribution in [0.5, 0.6) is 0 Å². The van der Waals surface area contributed by atoms with Crippen molar-refractivity contribution in [3.8, 4) is 0 Å². The second kappa shape index (κ2) is 4.64. The molecule has 0 heterocycles. The van der Waals surface area contributed by atoms with Crippen LogP contribution >= 0.6 is 11.6 Å². The van der Waals surface area contributed by atoms with E-state index in [-0.39, 0.29) is 6.04 Å². The molecule has 0 saturated carbocycles. The number of halogens is 1. The molecule has 2 heteroatoms. The van der Waals surface area contributed by atoms with E-state index in [0.29, 0.717) is 0 Å². The lowest BCUT2D eigenvalue weighted by atomic mass is 10.0. The van der Waals surface area contributed by atoms with Crippen molar-refractivity contribution in [3.63, 3.8) is 0 Å². The Morgan fingerprint density at radius 3 is 2.69 bits per heavy atom. The quantitative estimate of drug-likeness (QED) is 0.793. The molecular formula is C11H16ClN. The van der Waals surface area contributed by atoms with Crippen LogP contribution in [0.15, 0.2) is 18.2 Å². The molecule has 1 aromatic rings. The van der Waals surface area contributed by atoms with Gasteiger partial charge in [-0.2, -0.15) is 0 Å². The molecule has 0 aliphatic rings. The van der Waals surface area contributed by atoms with Gasteiger partial charge in [0.25, 0.3) is 0 Å². The Balaban J connectivity index is 2.63. The zero-order valence-electron chi connectivity index (χ0n) is 8.18. The summed E-state index contributed by atoms with van der Waals surface area (Å²) in [7, 11) is 0. The molecule has 0 saturated heterocycles. The first-order chi connectivity index (χ1) is 6.09. The largest absolute Gasteiger partial charge is 0.328 e. The summed E-state index contributed by atoms with van der Waals surface area (Å²) in [5.41, 5.74) is 8.14. The minimum Gasteiger partial charge on any atom is -0.328 e. The Hall–Kier alpha value is -0.530. The van der Waals surface area contributed by atoms with Crippen molar-refractivity contribution in [1.29, 1.82) is 0 Å². The number of aryl methyl sites for hydroxylation is 2. The van der Waals surface area contributed by atoms with Gasteiger partial charge in [0.2, 0.25) is 0 Å². The number of benzene rings is 1. The molecule has 0 amide bonds. The number of nitrogens with two attached hydrogens (primary N) is 1. The summed E-state index contributed by atoms with van der Waals surface area (Å²) in [5.74, 6) is 0. The molecular weight excluding hydrogens is 182 g/mol. The molecule has 1 aromatic carbocycles. The summed E-state index contributed by atoms with van der Waals surface area (Å²) in [6.45, 7) is 4.06. The van der Waals surface area contributed by atoms with Crippen LogP contribution in [0.1, 0.15) is 24.5 Å². The maximum Gasteiger partial charge on any atom is 0.0435 e. The standard InChI is InChI=1S/C11H16ClN/c1-8-7-10(4-3-9(2)13)5-6-11(8)12/h5-7,9H,3-4,13H2,1-2H3. The summed E-state index contributed by atoms with van der Waals surface area (Å²) in [6.07, 6.45) is 2.07. The van der Waals surface area contributed by atoms with Crippen LogP contribution < -0.4 is 5.73 Å². The van der Waals surface area contributed by atoms with E-state index in [0.717, 1.165) is 23.4 Å². The van der Waals surface area contributed by atoms with Crippen LogP contribution in [-0.4, -0.2) is 6.04 Å². The molecule has 13 heavy (non-hydrogen) atoms. The van der Waals surface area contributed by atoms with Crippen molar-refractivity contribution < 1.29 is 0 Å². The third-order valence-corrected chi connectivity index (χ3v) is 2.53. The van der Waals surface area contributed by atoms with E-state index in [1.54, 1.807) is 0 Å². The van der Waals surface area contributed by atoms with Crippen LogP contribution in [-0.2, 0) is 6.42 Å². The molecule has 0 fully saturated rings. The molecule has 0 aliphatic carbocycles. The average molecular weight is 198 g/mol. The third kappa shape index (κ3) is 3.37. The van der Waals surface area contributed by atoms with Crippen LogP contribution in [0.3, 0.4) is 0 Å². The zero-order valence-corrected chi connectivity index (χ0v) is 8.93. The van der Waals surface area contributed by atoms with Gasteiger partial charge in [0.1, 0.15) is 0 Å². The molecule has 0 spiro atoms. The Kier molecular flexibility index (Phi) is 3.76. The van der Waals surface area contributed by atoms with Crippen molar-refractivity contribution in [2.45, 2.75) is 32.7 Å². The molecule has 0 radical (unpaired) electrons. The Morgan fingerprint density at radius 2 is 2.15 bits per heavy atom. The van der Waals surface area contributed by atoms with Crippen molar-refractivity contribution in [2.75, 3.05) is 0 Å². The van der Waals surface area contributed by atoms with Gasteiger partial charge in [0.15, 0.2) is 0 Å². The van der Waals surface area contributed by atoms with Crippen molar-refractivity contribution in [3.05, 3.63) is 34.3 Å². The summed E-state index contributed by atoms with van der Waals surface area (Å²) in [6, 6.07) is 6.42. The smallest absolute Gasteiger partial charge is 0.0435 e. The predicted octanol–water partition coefficient (Wildman–Crippen LogP) is 2.93. The van der Waals surface area contributed by atoms with E-state index in [9.17, 15) is 0 Å². The third-order valence-electron chi connectivity index (χ3n) is 2.11. The zero-order chi connectivity index (χ0) is 9.84. The van der Waals surface area contributed by atoms with Crippen LogP contribution in [0.2, 0.25) is 5.02 Å². The Morgan fingerprint density at radius 1 is 1.46 bits per heavy atom. The minimum absolute atomic E-state index is 0.274. The normalized spacial score (nSPS) is 12.9. The predicted molar refractivity (Wildman–Crippen MR) is 58.2 cm³/mol. The highest BCUT2D eigenvalue weighted by molar-refractivity contribution is 6.31. The lowest BCUT2D eigenvalue weighted by Crippen LogP contribution is -2.15. The van der Waals surface area contributed by atoms with Crippen molar-refractivity contribution in [1.82, 2.24) is 0 Å². The lowest BCUT2D eigenvalue weighted by Gasteiger charge is -2.06. The number of rotatable bonds is 3. The monoisotopic (exact) mass is 197 g/mol. The van der Waals surface area contributed by atoms with E-state index in [4.69, 9.17) is 17.3 Å². The second-order valence-corrected chi connectivity index (χ2v) is 4.01. The second-order valence-electron chi connectivity index (χ2n) is 3.60. The average Bonchev–Trinajstić information content (AvgIpc) is 2.07. The fraction of sp³-hybridized carbons (Fsp3) is 0.455. The molecule has 0 aliphatic heterocycles. The summed E-state index contributed by atoms with van der Waals surface area (Å²) in [4.78, 5) is 0. The van der Waals surface area contributed by atoms with E-state index < -0.39 is 0 Å². The Bertz CT molecular complexity index is 281. The highest BCUT2D eigenvalue weighted by atomic mass is 35.5. The van der Waals surface area contributed by atoms with E-state index in [1.807, 2.05) is 19.9 Å². The molecule has 2 N–H and O–H groups in total. The molecule has 1 atom stereocenters. The molecule has 1 nitrogen and oxygen atoms in total. The first-order valence-corrected chi connectivity index (χ1v) is 4.98. The lowest BCUT2D eigenvalue weighted by molar-refractivity contribution is 0.666. The van der Waals surface area contributed by atoms with Crippen LogP contribution in [0, 0.1) is 6.92 Å². The van der Waals surface area contributed by atoms with Gasteiger partial charge in [0, 0.05) is 11.1 Å². The van der Waals surface area contributed by atoms with Gasteiger partial charge in [-0.15, -0.1) is 0 Å². The fourth-order valence-electron chi connectivity index (χ4n) is 1.26. The summed E-state index contributed by atoms with van der Waals surface area (Å²) in [5, 5.41) is 0.838. The molecule has 1 unspecified atom stereocenters. The highest BCUT2D eigenvalue weighted by Gasteiger charge is 1.99. The van der Waals surface area contributed by atoms with Gasteiger partial charge in [-0.3, -0.25) is 0 Å². The van der Waals surface area contributed by atoms with Gasteiger partial charge < -0.3 is 5.73 Å². The van der Waals surface area contributed by atoms with Gasteiger partial charge in [0.05, 0.1) is 0 Å². The van der Waals surface area contributed by atoms with Gasteiger partial charge in [-0.05, 0) is 43.9 Å². The molecule has 1 rings (SSSR count). The van der Waals surface area contributed by atoms with Gasteiger partial charge >= 0.3 is 0 Å². The topological polar surface area (TPSA) is 26.0 Å². The summed E-state index contributed by atoms with van der Waals surface area (Å²) >= 11 is 5.92. The summed E-state index contributed by atoms with van der Waals surface area (Å²) < 4.78 is 0. The number of hydrogen-bond acceptors (Lipinski definition) is 1. The first-order valence-electron chi connectivity index (χ1n) is 4.60. The van der Waals surface area contributed by atoms with Crippen molar-refractivity contribution >= 4 is 11.6 Å². The highest BCUT2D eigenvalue weighted by Crippen LogP contribution is 2.17. The molecule has 0 bridgehead atoms.